The molecule has 0 heterocycles. The summed E-state index contributed by atoms with van der Waals surface area (Å²) >= 11 is 12.2. The lowest BCUT2D eigenvalue weighted by Gasteiger charge is -2.28. The fraction of sp³-hybridized carbons (Fsp3) is 0.143. The number of para-hydroxylation sites is 1. The number of halogens is 4. The molecule has 106 valence electrons. The molecule has 0 radical (unpaired) electrons. The van der Waals surface area contributed by atoms with E-state index in [9.17, 15) is 8.78 Å². The average molecular weight is 335 g/mol. The smallest absolute Gasteiger partial charge is 0.430 e. The van der Waals surface area contributed by atoms with Crippen LogP contribution in [-0.2, 0) is 0 Å². The largest absolute Gasteiger partial charge is 0.442 e. The van der Waals surface area contributed by atoms with Gasteiger partial charge >= 0.3 is 6.11 Å². The summed E-state index contributed by atoms with van der Waals surface area (Å²) in [6, 6.07) is 16.1. The van der Waals surface area contributed by atoms with Gasteiger partial charge in [0.2, 0.25) is 0 Å². The number of thioether (sulfide) groups is 1. The van der Waals surface area contributed by atoms with E-state index >= 15 is 0 Å². The molecular formula is C14H10Cl2F2OS. The number of hydrogen-bond donors (Lipinski definition) is 0. The van der Waals surface area contributed by atoms with Crippen molar-refractivity contribution in [1.82, 2.24) is 0 Å². The molecule has 0 N–H and O–H groups in total. The third kappa shape index (κ3) is 3.78. The van der Waals surface area contributed by atoms with E-state index in [1.807, 2.05) is 0 Å². The molecule has 2 aromatic rings. The molecule has 0 aromatic heterocycles. The van der Waals surface area contributed by atoms with Gasteiger partial charge in [0.05, 0.1) is 0 Å². The summed E-state index contributed by atoms with van der Waals surface area (Å²) in [5, 5.41) is 0. The lowest BCUT2D eigenvalue weighted by molar-refractivity contribution is -0.170. The minimum Gasteiger partial charge on any atom is -0.430 e. The van der Waals surface area contributed by atoms with Crippen molar-refractivity contribution in [3.05, 3.63) is 60.7 Å². The van der Waals surface area contributed by atoms with Crippen LogP contribution in [0.3, 0.4) is 0 Å². The van der Waals surface area contributed by atoms with Gasteiger partial charge in [0.15, 0.2) is 0 Å². The van der Waals surface area contributed by atoms with E-state index in [1.165, 1.54) is 12.1 Å². The molecule has 2 rings (SSSR count). The van der Waals surface area contributed by atoms with Gasteiger partial charge in [-0.1, -0.05) is 71.4 Å². The van der Waals surface area contributed by atoms with Crippen LogP contribution < -0.4 is 4.74 Å². The monoisotopic (exact) mass is 334 g/mol. The summed E-state index contributed by atoms with van der Waals surface area (Å²) in [6.07, 6.45) is -3.75. The van der Waals surface area contributed by atoms with Crippen molar-refractivity contribution < 1.29 is 13.5 Å². The minimum absolute atomic E-state index is 0.00293. The zero-order valence-electron chi connectivity index (χ0n) is 10.1. The number of rotatable bonds is 5. The minimum atomic E-state index is -3.75. The van der Waals surface area contributed by atoms with Crippen LogP contribution in [0.15, 0.2) is 65.6 Å². The third-order valence-corrected chi connectivity index (χ3v) is 4.22. The molecule has 0 saturated carbocycles. The van der Waals surface area contributed by atoms with Crippen molar-refractivity contribution in [2.75, 3.05) is 0 Å². The molecule has 6 heteroatoms. The average Bonchev–Trinajstić information content (AvgIpc) is 2.40. The van der Waals surface area contributed by atoms with Crippen molar-refractivity contribution >= 4 is 35.0 Å². The Kier molecular flexibility index (Phi) is 4.78. The molecular weight excluding hydrogens is 325 g/mol. The molecule has 2 aromatic carbocycles. The summed E-state index contributed by atoms with van der Waals surface area (Å²) in [4.78, 5) is 0.522. The van der Waals surface area contributed by atoms with Gasteiger partial charge in [0.25, 0.3) is 3.67 Å². The first-order valence-corrected chi connectivity index (χ1v) is 7.22. The standard InChI is InChI=1S/C14H10Cl2F2OS/c15-13(16,20-12-9-5-2-6-10-12)14(17,18)19-11-7-3-1-4-8-11/h1-10H. The lowest BCUT2D eigenvalue weighted by atomic mass is 10.3. The molecule has 0 aliphatic carbocycles. The number of hydrogen-bond acceptors (Lipinski definition) is 2. The second-order valence-corrected chi connectivity index (χ2v) is 6.93. The Bertz CT molecular complexity index is 498. The highest BCUT2D eigenvalue weighted by molar-refractivity contribution is 8.03. The summed E-state index contributed by atoms with van der Waals surface area (Å²) in [5.41, 5.74) is 0. The highest BCUT2D eigenvalue weighted by Crippen LogP contribution is 2.51. The maximum absolute atomic E-state index is 14.1. The SMILES string of the molecule is FC(F)(Oc1ccccc1)C(Cl)(Cl)Sc1ccccc1. The van der Waals surface area contributed by atoms with Gasteiger partial charge in [0, 0.05) is 4.90 Å². The molecule has 0 amide bonds. The maximum atomic E-state index is 14.1. The van der Waals surface area contributed by atoms with E-state index < -0.39 is 9.77 Å². The van der Waals surface area contributed by atoms with Crippen molar-refractivity contribution in [2.24, 2.45) is 0 Å². The molecule has 0 unspecified atom stereocenters. The Hall–Kier alpha value is -0.970. The summed E-state index contributed by atoms with van der Waals surface area (Å²) in [5.74, 6) is -0.00293. The van der Waals surface area contributed by atoms with E-state index in [2.05, 4.69) is 4.74 Å². The normalized spacial score (nSPS) is 12.2. The van der Waals surface area contributed by atoms with Crippen molar-refractivity contribution in [3.63, 3.8) is 0 Å². The van der Waals surface area contributed by atoms with Gasteiger partial charge in [-0.3, -0.25) is 0 Å². The molecule has 0 atom stereocenters. The Morgan fingerprint density at radius 3 is 1.90 bits per heavy atom. The van der Waals surface area contributed by atoms with E-state index in [0.717, 1.165) is 0 Å². The topological polar surface area (TPSA) is 9.23 Å². The van der Waals surface area contributed by atoms with Gasteiger partial charge in [-0.2, -0.15) is 8.78 Å². The zero-order valence-corrected chi connectivity index (χ0v) is 12.4. The number of ether oxygens (including phenoxy) is 1. The predicted octanol–water partition coefficient (Wildman–Crippen LogP) is 5.58. The second-order valence-electron chi connectivity index (χ2n) is 3.86. The van der Waals surface area contributed by atoms with Crippen LogP contribution in [0.5, 0.6) is 5.75 Å². The first kappa shape index (κ1) is 15.4. The third-order valence-electron chi connectivity index (χ3n) is 2.32. The Balaban J connectivity index is 2.14. The number of benzene rings is 2. The van der Waals surface area contributed by atoms with Crippen LogP contribution in [0.1, 0.15) is 0 Å². The van der Waals surface area contributed by atoms with Gasteiger partial charge in [0.1, 0.15) is 5.75 Å². The Morgan fingerprint density at radius 2 is 1.35 bits per heavy atom. The number of alkyl halides is 4. The highest BCUT2D eigenvalue weighted by Gasteiger charge is 2.55. The predicted molar refractivity (Wildman–Crippen MR) is 78.8 cm³/mol. The molecule has 0 bridgehead atoms. The second kappa shape index (κ2) is 6.20. The van der Waals surface area contributed by atoms with Gasteiger partial charge in [-0.05, 0) is 24.3 Å². The molecule has 1 nitrogen and oxygen atoms in total. The van der Waals surface area contributed by atoms with Crippen LogP contribution in [-0.4, -0.2) is 9.77 Å². The van der Waals surface area contributed by atoms with Crippen LogP contribution in [0.25, 0.3) is 0 Å². The quantitative estimate of drug-likeness (QED) is 0.521. The maximum Gasteiger partial charge on any atom is 0.442 e. The van der Waals surface area contributed by atoms with Crippen molar-refractivity contribution in [1.29, 1.82) is 0 Å². The van der Waals surface area contributed by atoms with Gasteiger partial charge in [-0.15, -0.1) is 0 Å². The Labute approximate surface area is 129 Å². The summed E-state index contributed by atoms with van der Waals surface area (Å²) in [7, 11) is 0. The first-order chi connectivity index (χ1) is 9.41. The van der Waals surface area contributed by atoms with Gasteiger partial charge in [-0.25, -0.2) is 0 Å². The Morgan fingerprint density at radius 1 is 0.850 bits per heavy atom. The zero-order chi connectivity index (χ0) is 14.6. The molecule has 0 aliphatic rings. The highest BCUT2D eigenvalue weighted by atomic mass is 35.5. The van der Waals surface area contributed by atoms with E-state index in [4.69, 9.17) is 23.2 Å². The fourth-order valence-electron chi connectivity index (χ4n) is 1.39. The molecule has 0 saturated heterocycles. The van der Waals surface area contributed by atoms with Gasteiger partial charge < -0.3 is 4.74 Å². The van der Waals surface area contributed by atoms with Crippen molar-refractivity contribution in [3.8, 4) is 5.75 Å². The molecule has 20 heavy (non-hydrogen) atoms. The van der Waals surface area contributed by atoms with Crippen LogP contribution in [0, 0.1) is 0 Å². The van der Waals surface area contributed by atoms with E-state index in [1.54, 1.807) is 48.5 Å². The fourth-order valence-corrected chi connectivity index (χ4v) is 2.75. The van der Waals surface area contributed by atoms with E-state index in [-0.39, 0.29) is 5.75 Å². The van der Waals surface area contributed by atoms with Crippen molar-refractivity contribution in [2.45, 2.75) is 14.7 Å². The lowest BCUT2D eigenvalue weighted by Crippen LogP contribution is -2.41. The summed E-state index contributed by atoms with van der Waals surface area (Å²) < 4.78 is 30.3. The van der Waals surface area contributed by atoms with Crippen LogP contribution in [0.2, 0.25) is 0 Å². The van der Waals surface area contributed by atoms with E-state index in [0.29, 0.717) is 16.7 Å². The molecule has 0 aliphatic heterocycles. The van der Waals surface area contributed by atoms with Crippen LogP contribution >= 0.6 is 35.0 Å². The molecule has 0 spiro atoms. The first-order valence-electron chi connectivity index (χ1n) is 5.64. The van der Waals surface area contributed by atoms with Crippen LogP contribution in [0.4, 0.5) is 8.78 Å². The summed E-state index contributed by atoms with van der Waals surface area (Å²) in [6.45, 7) is 0. The molecule has 0 fully saturated rings.